The Bertz CT molecular complexity index is 1400. The number of hydrogen-bond donors (Lipinski definition) is 1. The van der Waals surface area contributed by atoms with E-state index in [0.717, 1.165) is 64.0 Å². The third-order valence-electron chi connectivity index (χ3n) is 8.38. The monoisotopic (exact) mass is 574 g/mol. The number of ether oxygens (including phenoxy) is 1. The molecule has 0 amide bonds. The molecule has 1 saturated carbocycles. The first-order valence-corrected chi connectivity index (χ1v) is 14.1. The van der Waals surface area contributed by atoms with Crippen LogP contribution in [0.3, 0.4) is 0 Å². The van der Waals surface area contributed by atoms with Crippen LogP contribution in [0, 0.1) is 11.2 Å². The highest BCUT2D eigenvalue weighted by Gasteiger charge is 2.53. The molecule has 12 heteroatoms. The number of aliphatic hydroxyl groups is 1. The van der Waals surface area contributed by atoms with Gasteiger partial charge in [0.2, 0.25) is 0 Å². The van der Waals surface area contributed by atoms with Crippen molar-refractivity contribution in [3.05, 3.63) is 48.3 Å². The van der Waals surface area contributed by atoms with Crippen LogP contribution in [0.15, 0.2) is 36.8 Å². The Morgan fingerprint density at radius 3 is 2.44 bits per heavy atom. The fourth-order valence-corrected chi connectivity index (χ4v) is 6.57. The molecule has 8 nitrogen and oxygen atoms in total. The van der Waals surface area contributed by atoms with E-state index in [0.29, 0.717) is 18.1 Å². The molecule has 2 aliphatic heterocycles. The molecule has 1 aliphatic carbocycles. The molecule has 1 N–H and O–H groups in total. The quantitative estimate of drug-likeness (QED) is 0.364. The van der Waals surface area contributed by atoms with Gasteiger partial charge in [-0.25, -0.2) is 14.4 Å². The molecule has 220 valence electrons. The van der Waals surface area contributed by atoms with Gasteiger partial charge in [0, 0.05) is 49.7 Å². The number of anilines is 1. The number of hydrogen-bond acceptors (Lipinski definition) is 7. The second kappa shape index (κ2) is 10.2. The smallest absolute Gasteiger partial charge is 0.435 e. The lowest BCUT2D eigenvalue weighted by Gasteiger charge is -2.61. The van der Waals surface area contributed by atoms with E-state index < -0.39 is 29.3 Å². The highest BCUT2D eigenvalue weighted by Crippen LogP contribution is 2.46. The molecule has 1 aromatic carbocycles. The summed E-state index contributed by atoms with van der Waals surface area (Å²) in [6.45, 7) is 7.48. The van der Waals surface area contributed by atoms with Crippen LogP contribution in [-0.4, -0.2) is 68.1 Å². The number of aromatic nitrogens is 4. The lowest BCUT2D eigenvalue weighted by Crippen LogP contribution is -2.73. The van der Waals surface area contributed by atoms with Gasteiger partial charge in [-0.15, -0.1) is 0 Å². The van der Waals surface area contributed by atoms with E-state index in [9.17, 15) is 22.7 Å². The fraction of sp³-hybridized carbons (Fsp3) is 0.552. The van der Waals surface area contributed by atoms with Crippen LogP contribution < -0.4 is 9.64 Å². The average molecular weight is 575 g/mol. The van der Waals surface area contributed by atoms with E-state index in [1.165, 1.54) is 35.8 Å². The van der Waals surface area contributed by atoms with Crippen LogP contribution >= 0.6 is 0 Å². The number of halogens is 4. The van der Waals surface area contributed by atoms with E-state index in [1.54, 1.807) is 13.8 Å². The van der Waals surface area contributed by atoms with E-state index in [4.69, 9.17) is 4.74 Å². The second-order valence-corrected chi connectivity index (χ2v) is 12.2. The fourth-order valence-electron chi connectivity index (χ4n) is 6.57. The summed E-state index contributed by atoms with van der Waals surface area (Å²) in [5.74, 6) is 0.455. The molecular weight excluding hydrogens is 540 g/mol. The third-order valence-corrected chi connectivity index (χ3v) is 8.38. The molecule has 0 unspecified atom stereocenters. The molecule has 1 spiro atoms. The Hall–Kier alpha value is -3.25. The number of likely N-dealkylation sites (tertiary alicyclic amines) is 1. The maximum Gasteiger partial charge on any atom is 0.435 e. The van der Waals surface area contributed by atoms with Gasteiger partial charge in [0.1, 0.15) is 17.9 Å². The lowest BCUT2D eigenvalue weighted by molar-refractivity contribution is -0.141. The van der Waals surface area contributed by atoms with Crippen LogP contribution in [0.2, 0.25) is 0 Å². The minimum absolute atomic E-state index is 0.0947. The number of benzene rings is 1. The topological polar surface area (TPSA) is 79.5 Å². The van der Waals surface area contributed by atoms with Crippen molar-refractivity contribution in [3.63, 3.8) is 0 Å². The summed E-state index contributed by atoms with van der Waals surface area (Å²) >= 11 is 0. The van der Waals surface area contributed by atoms with Gasteiger partial charge in [-0.2, -0.15) is 18.3 Å². The van der Waals surface area contributed by atoms with Crippen molar-refractivity contribution in [1.29, 1.82) is 0 Å². The van der Waals surface area contributed by atoms with Crippen LogP contribution in [-0.2, 0) is 6.18 Å². The van der Waals surface area contributed by atoms with Crippen molar-refractivity contribution in [2.24, 2.45) is 5.41 Å². The molecular formula is C29H34F4N6O2. The largest absolute Gasteiger partial charge is 0.451 e. The molecule has 3 aliphatic rings. The molecule has 0 atom stereocenters. The number of alkyl halides is 3. The average Bonchev–Trinajstić information content (AvgIpc) is 3.33. The minimum atomic E-state index is -4.65. The lowest BCUT2D eigenvalue weighted by atomic mass is 9.71. The van der Waals surface area contributed by atoms with E-state index in [2.05, 4.69) is 24.9 Å². The summed E-state index contributed by atoms with van der Waals surface area (Å²) in [5.41, 5.74) is -1.26. The zero-order valence-electron chi connectivity index (χ0n) is 23.2. The summed E-state index contributed by atoms with van der Waals surface area (Å²) in [4.78, 5) is 13.0. The normalized spacial score (nSPS) is 20.2. The molecule has 2 saturated heterocycles. The maximum absolute atomic E-state index is 14.4. The molecule has 41 heavy (non-hydrogen) atoms. The zero-order chi connectivity index (χ0) is 29.0. The van der Waals surface area contributed by atoms with E-state index >= 15 is 0 Å². The standard InChI is InChI=1S/C29H34F4N6O2/c1-19(2)39-22(11-25(36-39)29(31,32)33)21-10-20(30)6-7-23(21)41-24-12-34-18-35-26(24)38-15-27(16-38)13-37(14-27)17-28(40)8-4-3-5-9-28/h6-7,10-12,18-19,40H,3-5,8-9,13-17H2,1-2H3. The van der Waals surface area contributed by atoms with Gasteiger partial charge < -0.3 is 14.7 Å². The third kappa shape index (κ3) is 5.51. The predicted octanol–water partition coefficient (Wildman–Crippen LogP) is 5.69. The SMILES string of the molecule is CC(C)n1nc(C(F)(F)F)cc1-c1cc(F)ccc1Oc1cncnc1N1CC2(CN(CC3(O)CCCCC3)C2)C1. The van der Waals surface area contributed by atoms with Crippen molar-refractivity contribution in [1.82, 2.24) is 24.6 Å². The van der Waals surface area contributed by atoms with Gasteiger partial charge in [-0.3, -0.25) is 9.58 Å². The minimum Gasteiger partial charge on any atom is -0.451 e. The Balaban J connectivity index is 1.20. The highest BCUT2D eigenvalue weighted by atomic mass is 19.4. The van der Waals surface area contributed by atoms with Gasteiger partial charge in [0.05, 0.1) is 17.5 Å². The Morgan fingerprint density at radius 2 is 1.76 bits per heavy atom. The Kier molecular flexibility index (Phi) is 6.96. The van der Waals surface area contributed by atoms with Crippen LogP contribution in [0.4, 0.5) is 23.4 Å². The predicted molar refractivity (Wildman–Crippen MR) is 144 cm³/mol. The molecule has 4 heterocycles. The van der Waals surface area contributed by atoms with Crippen LogP contribution in [0.5, 0.6) is 11.5 Å². The zero-order valence-corrected chi connectivity index (χ0v) is 23.2. The molecule has 6 rings (SSSR count). The summed E-state index contributed by atoms with van der Waals surface area (Å²) in [6, 6.07) is 4.24. The van der Waals surface area contributed by atoms with Crippen molar-refractivity contribution in [2.75, 3.05) is 37.6 Å². The highest BCUT2D eigenvalue weighted by molar-refractivity contribution is 5.70. The molecule has 0 bridgehead atoms. The molecule has 3 fully saturated rings. The first-order chi connectivity index (χ1) is 19.4. The number of β-amino-alcohol motifs (C(OH)–C–C–N with tert-alkyl or cyclic N) is 1. The van der Waals surface area contributed by atoms with Crippen molar-refractivity contribution < 1.29 is 27.4 Å². The molecule has 3 aromatic rings. The second-order valence-electron chi connectivity index (χ2n) is 12.2. The van der Waals surface area contributed by atoms with Gasteiger partial charge in [0.15, 0.2) is 17.3 Å². The van der Waals surface area contributed by atoms with Crippen LogP contribution in [0.25, 0.3) is 11.3 Å². The summed E-state index contributed by atoms with van der Waals surface area (Å²) in [5, 5.41) is 14.7. The summed E-state index contributed by atoms with van der Waals surface area (Å²) < 4.78 is 62.3. The Labute approximate surface area is 236 Å². The van der Waals surface area contributed by atoms with Crippen LogP contribution in [0.1, 0.15) is 57.7 Å². The first-order valence-electron chi connectivity index (χ1n) is 14.1. The van der Waals surface area contributed by atoms with Gasteiger partial charge in [-0.1, -0.05) is 19.3 Å². The van der Waals surface area contributed by atoms with Crippen molar-refractivity contribution in [3.8, 4) is 22.8 Å². The van der Waals surface area contributed by atoms with Gasteiger partial charge >= 0.3 is 6.18 Å². The van der Waals surface area contributed by atoms with Crippen molar-refractivity contribution >= 4 is 5.82 Å². The Morgan fingerprint density at radius 1 is 1.02 bits per heavy atom. The van der Waals surface area contributed by atoms with Gasteiger partial charge in [-0.05, 0) is 51.0 Å². The molecule has 2 aromatic heterocycles. The van der Waals surface area contributed by atoms with E-state index in [1.807, 2.05) is 0 Å². The van der Waals surface area contributed by atoms with Gasteiger partial charge in [0.25, 0.3) is 0 Å². The van der Waals surface area contributed by atoms with E-state index in [-0.39, 0.29) is 22.4 Å². The maximum atomic E-state index is 14.4. The summed E-state index contributed by atoms with van der Waals surface area (Å²) in [6.07, 6.45) is 3.37. The molecule has 0 radical (unpaired) electrons. The summed E-state index contributed by atoms with van der Waals surface area (Å²) in [7, 11) is 0. The number of nitrogens with zero attached hydrogens (tertiary/aromatic N) is 6. The van der Waals surface area contributed by atoms with Crippen molar-refractivity contribution in [2.45, 2.75) is 63.8 Å². The number of rotatable bonds is 7. The first kappa shape index (κ1) is 27.9.